The molecule has 2 aromatic heterocycles. The van der Waals surface area contributed by atoms with Gasteiger partial charge in [-0.25, -0.2) is 9.67 Å². The minimum Gasteiger partial charge on any atom is -0.376 e. The normalized spacial score (nSPS) is 23.0. The summed E-state index contributed by atoms with van der Waals surface area (Å²) in [7, 11) is 0. The van der Waals surface area contributed by atoms with Crippen LogP contribution in [0.2, 0.25) is 0 Å². The van der Waals surface area contributed by atoms with Gasteiger partial charge in [0.15, 0.2) is 0 Å². The summed E-state index contributed by atoms with van der Waals surface area (Å²) < 4.78 is 7.03. The fourth-order valence-electron chi connectivity index (χ4n) is 3.54. The zero-order valence-electron chi connectivity index (χ0n) is 13.8. The summed E-state index contributed by atoms with van der Waals surface area (Å²) in [5.41, 5.74) is 3.97. The number of thiazole rings is 1. The molecule has 1 saturated carbocycles. The van der Waals surface area contributed by atoms with Gasteiger partial charge in [-0.1, -0.05) is 0 Å². The van der Waals surface area contributed by atoms with Crippen molar-refractivity contribution < 1.29 is 9.53 Å². The number of amides is 1. The Morgan fingerprint density at radius 1 is 1.32 bits per heavy atom. The van der Waals surface area contributed by atoms with E-state index >= 15 is 0 Å². The fraction of sp³-hybridized carbons (Fsp3) is 0.529. The number of carbonyl (C=O) groups is 1. The molecule has 8 heteroatoms. The summed E-state index contributed by atoms with van der Waals surface area (Å²) in [6.07, 6.45) is 4.12. The lowest BCUT2D eigenvalue weighted by molar-refractivity contribution is 0.0916. The molecule has 1 amide bonds. The Balaban J connectivity index is 1.40. The Kier molecular flexibility index (Phi) is 4.63. The molecule has 2 aliphatic rings. The first-order valence-corrected chi connectivity index (χ1v) is 9.53. The molecule has 1 aliphatic heterocycles. The molecule has 0 atom stereocenters. The third-order valence-electron chi connectivity index (χ3n) is 4.91. The quantitative estimate of drug-likeness (QED) is 0.900. The van der Waals surface area contributed by atoms with Crippen molar-refractivity contribution in [1.82, 2.24) is 20.1 Å². The van der Waals surface area contributed by atoms with E-state index in [1.165, 1.54) is 11.3 Å². The number of aromatic nitrogens is 3. The Hall–Kier alpha value is -2.06. The molecular weight excluding hydrogens is 340 g/mol. The van der Waals surface area contributed by atoms with Crippen molar-refractivity contribution in [3.05, 3.63) is 44.3 Å². The molecule has 0 aromatic carbocycles. The predicted octanol–water partition coefficient (Wildman–Crippen LogP) is 1.69. The first-order chi connectivity index (χ1) is 12.2. The van der Waals surface area contributed by atoms with Crippen LogP contribution in [-0.4, -0.2) is 33.3 Å². The van der Waals surface area contributed by atoms with Crippen LogP contribution in [0.1, 0.15) is 53.5 Å². The average Bonchev–Trinajstić information content (AvgIpc) is 3.17. The molecule has 0 radical (unpaired) electrons. The fourth-order valence-corrected chi connectivity index (χ4v) is 4.07. The van der Waals surface area contributed by atoms with Crippen molar-refractivity contribution in [3.8, 4) is 0 Å². The summed E-state index contributed by atoms with van der Waals surface area (Å²) in [5.74, 6) is -0.117. The minimum atomic E-state index is -0.117. The van der Waals surface area contributed by atoms with Crippen molar-refractivity contribution in [2.45, 2.75) is 50.8 Å². The largest absolute Gasteiger partial charge is 0.376 e. The number of fused-ring (bicyclic) bond motifs is 1. The first kappa shape index (κ1) is 16.4. The maximum Gasteiger partial charge on any atom is 0.270 e. The number of carbonyl (C=O) groups excluding carboxylic acids is 1. The van der Waals surface area contributed by atoms with Gasteiger partial charge in [-0.15, -0.1) is 11.3 Å². The molecule has 1 aliphatic carbocycles. The molecule has 2 aromatic rings. The van der Waals surface area contributed by atoms with E-state index in [1.54, 1.807) is 21.6 Å². The molecule has 3 heterocycles. The predicted molar refractivity (Wildman–Crippen MR) is 92.7 cm³/mol. The second kappa shape index (κ2) is 7.05. The number of hydrogen-bond acceptors (Lipinski definition) is 6. The van der Waals surface area contributed by atoms with E-state index in [1.807, 2.05) is 0 Å². The van der Waals surface area contributed by atoms with Crippen LogP contribution in [0, 0.1) is 0 Å². The van der Waals surface area contributed by atoms with Crippen molar-refractivity contribution >= 4 is 17.2 Å². The van der Waals surface area contributed by atoms with E-state index in [0.717, 1.165) is 43.4 Å². The summed E-state index contributed by atoms with van der Waals surface area (Å²) >= 11 is 1.41. The number of nitrogens with one attached hydrogen (secondary N) is 1. The van der Waals surface area contributed by atoms with Crippen LogP contribution in [0.4, 0.5) is 0 Å². The molecule has 0 saturated heterocycles. The van der Waals surface area contributed by atoms with Gasteiger partial charge >= 0.3 is 0 Å². The SMILES string of the molecule is O=C(NC1CCC(n2nc3c(cc2=O)COCC3)CC1)c1cscn1. The lowest BCUT2D eigenvalue weighted by Crippen LogP contribution is -2.40. The van der Waals surface area contributed by atoms with Crippen LogP contribution >= 0.6 is 11.3 Å². The van der Waals surface area contributed by atoms with Crippen LogP contribution in [0.25, 0.3) is 0 Å². The van der Waals surface area contributed by atoms with E-state index in [-0.39, 0.29) is 23.6 Å². The third kappa shape index (κ3) is 3.50. The number of ether oxygens (including phenoxy) is 1. The van der Waals surface area contributed by atoms with Crippen LogP contribution in [0.15, 0.2) is 21.8 Å². The van der Waals surface area contributed by atoms with Crippen LogP contribution in [0.3, 0.4) is 0 Å². The lowest BCUT2D eigenvalue weighted by atomic mass is 9.91. The van der Waals surface area contributed by atoms with Crippen LogP contribution in [0.5, 0.6) is 0 Å². The number of hydrogen-bond donors (Lipinski definition) is 1. The maximum absolute atomic E-state index is 12.4. The summed E-state index contributed by atoms with van der Waals surface area (Å²) in [5, 5.41) is 9.38. The van der Waals surface area contributed by atoms with E-state index in [2.05, 4.69) is 15.4 Å². The van der Waals surface area contributed by atoms with Gasteiger partial charge in [0.05, 0.1) is 30.5 Å². The maximum atomic E-state index is 12.4. The minimum absolute atomic E-state index is 0.0563. The van der Waals surface area contributed by atoms with Crippen LogP contribution < -0.4 is 10.9 Å². The van der Waals surface area contributed by atoms with Gasteiger partial charge in [0.25, 0.3) is 11.5 Å². The Labute approximate surface area is 149 Å². The molecule has 7 nitrogen and oxygen atoms in total. The molecule has 0 bridgehead atoms. The highest BCUT2D eigenvalue weighted by Gasteiger charge is 2.26. The molecule has 132 valence electrons. The lowest BCUT2D eigenvalue weighted by Gasteiger charge is -2.30. The van der Waals surface area contributed by atoms with Crippen molar-refractivity contribution in [2.75, 3.05) is 6.61 Å². The van der Waals surface area contributed by atoms with E-state index in [0.29, 0.717) is 18.9 Å². The highest BCUT2D eigenvalue weighted by Crippen LogP contribution is 2.27. The molecule has 1 fully saturated rings. The van der Waals surface area contributed by atoms with Crippen molar-refractivity contribution in [1.29, 1.82) is 0 Å². The van der Waals surface area contributed by atoms with Crippen LogP contribution in [-0.2, 0) is 17.8 Å². The first-order valence-electron chi connectivity index (χ1n) is 8.59. The second-order valence-corrected chi connectivity index (χ2v) is 7.27. The smallest absolute Gasteiger partial charge is 0.270 e. The number of rotatable bonds is 3. The third-order valence-corrected chi connectivity index (χ3v) is 5.49. The second-order valence-electron chi connectivity index (χ2n) is 6.55. The van der Waals surface area contributed by atoms with Crippen molar-refractivity contribution in [2.24, 2.45) is 0 Å². The van der Waals surface area contributed by atoms with Gasteiger partial charge in [0.2, 0.25) is 0 Å². The summed E-state index contributed by atoms with van der Waals surface area (Å²) in [6.45, 7) is 1.14. The molecule has 4 rings (SSSR count). The zero-order valence-corrected chi connectivity index (χ0v) is 14.6. The Morgan fingerprint density at radius 2 is 2.16 bits per heavy atom. The van der Waals surface area contributed by atoms with E-state index in [4.69, 9.17) is 4.74 Å². The molecule has 1 N–H and O–H groups in total. The molecule has 25 heavy (non-hydrogen) atoms. The highest BCUT2D eigenvalue weighted by atomic mass is 32.1. The van der Waals surface area contributed by atoms with Gasteiger partial charge in [-0.2, -0.15) is 5.10 Å². The number of nitrogens with zero attached hydrogens (tertiary/aromatic N) is 3. The highest BCUT2D eigenvalue weighted by molar-refractivity contribution is 7.07. The summed E-state index contributed by atoms with van der Waals surface area (Å²) in [4.78, 5) is 28.5. The average molecular weight is 360 g/mol. The van der Waals surface area contributed by atoms with Gasteiger partial charge in [0.1, 0.15) is 5.69 Å². The van der Waals surface area contributed by atoms with E-state index < -0.39 is 0 Å². The topological polar surface area (TPSA) is 86.1 Å². The van der Waals surface area contributed by atoms with Crippen molar-refractivity contribution in [3.63, 3.8) is 0 Å². The molecule has 0 spiro atoms. The van der Waals surface area contributed by atoms with Gasteiger partial charge in [0, 0.05) is 29.5 Å². The standard InChI is InChI=1S/C17H20N4O3S/c22-16-7-11-8-24-6-5-14(11)20-21(16)13-3-1-12(2-4-13)19-17(23)15-9-25-10-18-15/h7,9-10,12-13H,1-6,8H2,(H,19,23). The monoisotopic (exact) mass is 360 g/mol. The van der Waals surface area contributed by atoms with Gasteiger partial charge in [-0.3, -0.25) is 9.59 Å². The van der Waals surface area contributed by atoms with Gasteiger partial charge in [-0.05, 0) is 25.7 Å². The van der Waals surface area contributed by atoms with E-state index in [9.17, 15) is 9.59 Å². The molecular formula is C17H20N4O3S. The molecule has 0 unspecified atom stereocenters. The Bertz CT molecular complexity index is 810. The van der Waals surface area contributed by atoms with Gasteiger partial charge < -0.3 is 10.1 Å². The Morgan fingerprint density at radius 3 is 2.92 bits per heavy atom. The zero-order chi connectivity index (χ0) is 17.2. The summed E-state index contributed by atoms with van der Waals surface area (Å²) in [6, 6.07) is 1.90.